The van der Waals surface area contributed by atoms with Gasteiger partial charge in [-0.1, -0.05) is 85.6 Å². The molecule has 0 aromatic heterocycles. The summed E-state index contributed by atoms with van der Waals surface area (Å²) in [5.41, 5.74) is 10.9. The molecule has 6 rings (SSSR count). The molecule has 0 nitrogen and oxygen atoms in total. The molecule has 0 N–H and O–H groups in total. The molecule has 0 saturated heterocycles. The van der Waals surface area contributed by atoms with E-state index in [1.54, 1.807) is 10.4 Å². The van der Waals surface area contributed by atoms with Crippen molar-refractivity contribution >= 4 is 40.0 Å². The third kappa shape index (κ3) is 5.61. The number of hydrogen-bond donors (Lipinski definition) is 0. The second-order valence-electron chi connectivity index (χ2n) is 11.7. The van der Waals surface area contributed by atoms with Crippen molar-refractivity contribution in [3.8, 4) is 22.3 Å². The second-order valence-corrected chi connectivity index (χ2v) is 16.0. The first kappa shape index (κ1) is 33.7. The van der Waals surface area contributed by atoms with Crippen molar-refractivity contribution in [3.63, 3.8) is 0 Å². The molecule has 0 bridgehead atoms. The minimum atomic E-state index is -1.96. The number of benzene rings is 4. The summed E-state index contributed by atoms with van der Waals surface area (Å²) in [6, 6.07) is 38.4. The standard InChI is InChI=1S/C38H38Si.2CH3.Hf/c1-7-20-39(6,31-21-29-14-10-18-35(37(29)23-31)33-16-8-12-25(2)27(33)4)32-22-30-15-11-19-36(38(30)24-32)34-17-9-13-26(3)28(34)5;;;/h8-19,21-24H,7,20H2,1-6H3;2*1H3;/q-2;2*-1;+4. The van der Waals surface area contributed by atoms with Crippen molar-refractivity contribution in [3.05, 3.63) is 134 Å². The molecule has 6 aromatic rings. The van der Waals surface area contributed by atoms with Crippen molar-refractivity contribution in [2.45, 2.75) is 53.6 Å². The molecule has 2 heteroatoms. The van der Waals surface area contributed by atoms with E-state index < -0.39 is 8.07 Å². The Morgan fingerprint density at radius 2 is 0.952 bits per heavy atom. The number of aryl methyl sites for hydroxylation is 2. The Bertz CT molecular complexity index is 1700. The predicted octanol–water partition coefficient (Wildman–Crippen LogP) is 10.5. The summed E-state index contributed by atoms with van der Waals surface area (Å²) in [6.07, 6.45) is 1.19. The van der Waals surface area contributed by atoms with Gasteiger partial charge in [0.15, 0.2) is 0 Å². The van der Waals surface area contributed by atoms with E-state index in [9.17, 15) is 0 Å². The Morgan fingerprint density at radius 3 is 1.36 bits per heavy atom. The van der Waals surface area contributed by atoms with Crippen molar-refractivity contribution in [1.29, 1.82) is 0 Å². The van der Waals surface area contributed by atoms with Crippen molar-refractivity contribution in [1.82, 2.24) is 0 Å². The molecule has 0 spiro atoms. The fourth-order valence-corrected chi connectivity index (χ4v) is 10.4. The van der Waals surface area contributed by atoms with Crippen LogP contribution < -0.4 is 10.4 Å². The van der Waals surface area contributed by atoms with Crippen LogP contribution in [0.5, 0.6) is 0 Å². The first-order chi connectivity index (χ1) is 18.8. The molecule has 0 amide bonds. The van der Waals surface area contributed by atoms with Gasteiger partial charge in [0.1, 0.15) is 0 Å². The van der Waals surface area contributed by atoms with E-state index in [0.29, 0.717) is 0 Å². The van der Waals surface area contributed by atoms with Crippen molar-refractivity contribution in [2.24, 2.45) is 0 Å². The van der Waals surface area contributed by atoms with Gasteiger partial charge < -0.3 is 14.9 Å². The summed E-state index contributed by atoms with van der Waals surface area (Å²) in [5, 5.41) is 8.63. The van der Waals surface area contributed by atoms with E-state index in [1.165, 1.54) is 78.5 Å². The fourth-order valence-electron chi connectivity index (χ4n) is 6.62. The number of fused-ring (bicyclic) bond motifs is 2. The van der Waals surface area contributed by atoms with E-state index in [0.717, 1.165) is 0 Å². The molecule has 0 radical (unpaired) electrons. The Hall–Kier alpha value is -2.81. The third-order valence-electron chi connectivity index (χ3n) is 9.32. The predicted molar refractivity (Wildman–Crippen MR) is 188 cm³/mol. The van der Waals surface area contributed by atoms with Crippen LogP contribution in [0.1, 0.15) is 35.6 Å². The molecule has 0 aliphatic rings. The van der Waals surface area contributed by atoms with E-state index in [-0.39, 0.29) is 40.7 Å². The van der Waals surface area contributed by atoms with Crippen LogP contribution in [0.25, 0.3) is 43.8 Å². The van der Waals surface area contributed by atoms with Gasteiger partial charge in [-0.05, 0) is 61.1 Å². The Morgan fingerprint density at radius 1 is 0.571 bits per heavy atom. The SMILES string of the molecule is CCC[Si](C)(c1cc2c(-c3cccc(C)c3C)cccc2[cH-]1)c1cc2c(-c3cccc(C)c3C)cccc2[cH-]1.[CH3-].[CH3-].[Hf+4]. The quantitative estimate of drug-likeness (QED) is 0.118. The summed E-state index contributed by atoms with van der Waals surface area (Å²) in [6.45, 7) is 13.9. The van der Waals surface area contributed by atoms with Crippen LogP contribution >= 0.6 is 0 Å². The zero-order valence-electron chi connectivity index (χ0n) is 26.7. The van der Waals surface area contributed by atoms with Gasteiger partial charge >= 0.3 is 25.8 Å². The molecular weight excluding hydrogens is 687 g/mol. The van der Waals surface area contributed by atoms with E-state index in [4.69, 9.17) is 0 Å². The van der Waals surface area contributed by atoms with Gasteiger partial charge in [-0.15, -0.1) is 68.3 Å². The largest absolute Gasteiger partial charge is 4.00 e. The maximum Gasteiger partial charge on any atom is 4.00 e. The van der Waals surface area contributed by atoms with Crippen LogP contribution in [0.2, 0.25) is 12.6 Å². The van der Waals surface area contributed by atoms with Gasteiger partial charge in [-0.25, -0.2) is 0 Å². The molecule has 0 aliphatic heterocycles. The first-order valence-electron chi connectivity index (χ1n) is 14.3. The van der Waals surface area contributed by atoms with Gasteiger partial charge in [0.2, 0.25) is 0 Å². The van der Waals surface area contributed by atoms with Gasteiger partial charge in [-0.2, -0.15) is 12.1 Å². The van der Waals surface area contributed by atoms with Gasteiger partial charge in [-0.3, -0.25) is 0 Å². The van der Waals surface area contributed by atoms with E-state index in [1.807, 2.05) is 0 Å². The maximum absolute atomic E-state index is 2.59. The zero-order chi connectivity index (χ0) is 27.3. The van der Waals surface area contributed by atoms with E-state index in [2.05, 4.69) is 138 Å². The van der Waals surface area contributed by atoms with Crippen LogP contribution in [0.15, 0.2) is 97.1 Å². The summed E-state index contributed by atoms with van der Waals surface area (Å²) in [4.78, 5) is 0. The van der Waals surface area contributed by atoms with Gasteiger partial charge in [0.05, 0.1) is 8.07 Å². The summed E-state index contributed by atoms with van der Waals surface area (Å²) in [5.74, 6) is 0. The average Bonchev–Trinajstić information content (AvgIpc) is 3.57. The number of rotatable bonds is 6. The average molecular weight is 731 g/mol. The molecule has 0 heterocycles. The molecule has 0 aliphatic carbocycles. The van der Waals surface area contributed by atoms with Gasteiger partial charge in [0, 0.05) is 0 Å². The van der Waals surface area contributed by atoms with Crippen molar-refractivity contribution in [2.75, 3.05) is 0 Å². The van der Waals surface area contributed by atoms with Crippen LogP contribution in [-0.4, -0.2) is 8.07 Å². The maximum atomic E-state index is 2.59. The molecule has 0 fully saturated rings. The molecular formula is C40H44HfSi. The Balaban J connectivity index is 0.00000161. The number of hydrogen-bond acceptors (Lipinski definition) is 0. The second kappa shape index (κ2) is 13.2. The smallest absolute Gasteiger partial charge is 0.358 e. The summed E-state index contributed by atoms with van der Waals surface area (Å²) in [7, 11) is -1.96. The molecule has 212 valence electrons. The third-order valence-corrected chi connectivity index (χ3v) is 13.9. The molecule has 0 saturated carbocycles. The van der Waals surface area contributed by atoms with Crippen LogP contribution in [-0.2, 0) is 25.8 Å². The molecule has 42 heavy (non-hydrogen) atoms. The van der Waals surface area contributed by atoms with E-state index >= 15 is 0 Å². The topological polar surface area (TPSA) is 0 Å². The summed E-state index contributed by atoms with van der Waals surface area (Å²) < 4.78 is 0. The van der Waals surface area contributed by atoms with Gasteiger partial charge in [0.25, 0.3) is 0 Å². The Kier molecular flexibility index (Phi) is 10.6. The summed E-state index contributed by atoms with van der Waals surface area (Å²) >= 11 is 0. The normalized spacial score (nSPS) is 11.2. The van der Waals surface area contributed by atoms with Crippen LogP contribution in [0.3, 0.4) is 0 Å². The van der Waals surface area contributed by atoms with Crippen molar-refractivity contribution < 1.29 is 25.8 Å². The minimum Gasteiger partial charge on any atom is -0.358 e. The minimum absolute atomic E-state index is 0. The monoisotopic (exact) mass is 732 g/mol. The molecule has 0 unspecified atom stereocenters. The first-order valence-corrected chi connectivity index (χ1v) is 17.1. The zero-order valence-corrected chi connectivity index (χ0v) is 31.2. The molecule has 6 aromatic carbocycles. The van der Waals surface area contributed by atoms with Crippen LogP contribution in [0, 0.1) is 42.5 Å². The molecule has 0 atom stereocenters. The fraction of sp³-hybridized carbons (Fsp3) is 0.200. The Labute approximate surface area is 274 Å². The van der Waals surface area contributed by atoms with Crippen LogP contribution in [0.4, 0.5) is 0 Å².